The van der Waals surface area contributed by atoms with Gasteiger partial charge in [0.25, 0.3) is 0 Å². The number of hydrogen-bond donors (Lipinski definition) is 2. The molecule has 2 N–H and O–H groups in total. The van der Waals surface area contributed by atoms with Crippen LogP contribution in [-0.2, 0) is 9.59 Å². The fourth-order valence-electron chi connectivity index (χ4n) is 3.21. The third-order valence-electron chi connectivity index (χ3n) is 4.50. The summed E-state index contributed by atoms with van der Waals surface area (Å²) in [6.45, 7) is 0. The van der Waals surface area contributed by atoms with Gasteiger partial charge in [0.1, 0.15) is 0 Å². The molecule has 4 nitrogen and oxygen atoms in total. The molecule has 1 aliphatic heterocycles. The maximum atomic E-state index is 12.3. The Morgan fingerprint density at radius 1 is 0.950 bits per heavy atom. The zero-order valence-corrected chi connectivity index (χ0v) is 12.8. The topological polar surface area (TPSA) is 66.4 Å². The molecule has 0 spiro atoms. The SMILES string of the molecule is O=C(NC1CCCCCCC1C(=O)O)C1CCSCC1. The molecule has 1 aliphatic carbocycles. The molecule has 1 heterocycles. The van der Waals surface area contributed by atoms with Crippen molar-refractivity contribution in [1.82, 2.24) is 5.32 Å². The first-order valence-corrected chi connectivity index (χ1v) is 8.95. The second kappa shape index (κ2) is 7.91. The molecule has 20 heavy (non-hydrogen) atoms. The lowest BCUT2D eigenvalue weighted by atomic mass is 9.86. The van der Waals surface area contributed by atoms with E-state index >= 15 is 0 Å². The molecule has 0 bridgehead atoms. The first kappa shape index (κ1) is 15.7. The minimum atomic E-state index is -0.753. The van der Waals surface area contributed by atoms with Gasteiger partial charge in [-0.25, -0.2) is 0 Å². The summed E-state index contributed by atoms with van der Waals surface area (Å²) in [6.07, 6.45) is 7.62. The second-order valence-electron chi connectivity index (χ2n) is 5.94. The van der Waals surface area contributed by atoms with E-state index in [9.17, 15) is 14.7 Å². The van der Waals surface area contributed by atoms with Crippen molar-refractivity contribution in [3.05, 3.63) is 0 Å². The highest BCUT2D eigenvalue weighted by Gasteiger charge is 2.31. The zero-order valence-electron chi connectivity index (χ0n) is 12.0. The van der Waals surface area contributed by atoms with Gasteiger partial charge < -0.3 is 10.4 Å². The van der Waals surface area contributed by atoms with Gasteiger partial charge in [-0.2, -0.15) is 11.8 Å². The molecule has 1 amide bonds. The minimum Gasteiger partial charge on any atom is -0.481 e. The summed E-state index contributed by atoms with van der Waals surface area (Å²) in [5, 5.41) is 12.5. The summed E-state index contributed by atoms with van der Waals surface area (Å²) in [7, 11) is 0. The van der Waals surface area contributed by atoms with Crippen LogP contribution in [-0.4, -0.2) is 34.5 Å². The van der Waals surface area contributed by atoms with Crippen molar-refractivity contribution in [2.24, 2.45) is 11.8 Å². The molecule has 2 fully saturated rings. The Kier molecular flexibility index (Phi) is 6.20. The van der Waals surface area contributed by atoms with E-state index in [1.807, 2.05) is 11.8 Å². The minimum absolute atomic E-state index is 0.0853. The number of aliphatic carboxylic acids is 1. The van der Waals surface area contributed by atoms with E-state index in [0.717, 1.165) is 56.5 Å². The summed E-state index contributed by atoms with van der Waals surface area (Å²) in [5.41, 5.74) is 0. The molecular formula is C15H25NO3S. The predicted octanol–water partition coefficient (Wildman–Crippen LogP) is 2.67. The molecule has 1 saturated heterocycles. The Hall–Kier alpha value is -0.710. The number of carboxylic acid groups (broad SMARTS) is 1. The van der Waals surface area contributed by atoms with Crippen molar-refractivity contribution in [2.75, 3.05) is 11.5 Å². The van der Waals surface area contributed by atoms with Gasteiger partial charge in [0.05, 0.1) is 5.92 Å². The maximum absolute atomic E-state index is 12.3. The molecule has 2 aliphatic rings. The Morgan fingerprint density at radius 3 is 2.25 bits per heavy atom. The molecule has 2 unspecified atom stereocenters. The van der Waals surface area contributed by atoms with Crippen molar-refractivity contribution >= 4 is 23.6 Å². The average molecular weight is 299 g/mol. The van der Waals surface area contributed by atoms with E-state index in [0.29, 0.717) is 6.42 Å². The Bertz CT molecular complexity index is 342. The van der Waals surface area contributed by atoms with Crippen LogP contribution in [0.25, 0.3) is 0 Å². The first-order chi connectivity index (χ1) is 9.68. The molecule has 114 valence electrons. The average Bonchev–Trinajstić information content (AvgIpc) is 2.42. The molecule has 5 heteroatoms. The van der Waals surface area contributed by atoms with Gasteiger partial charge in [-0.3, -0.25) is 9.59 Å². The Morgan fingerprint density at radius 2 is 1.60 bits per heavy atom. The lowest BCUT2D eigenvalue weighted by Crippen LogP contribution is -2.46. The highest BCUT2D eigenvalue weighted by atomic mass is 32.2. The largest absolute Gasteiger partial charge is 0.481 e. The summed E-state index contributed by atoms with van der Waals surface area (Å²) in [4.78, 5) is 23.8. The van der Waals surface area contributed by atoms with Gasteiger partial charge >= 0.3 is 5.97 Å². The van der Waals surface area contributed by atoms with Crippen molar-refractivity contribution in [2.45, 2.75) is 57.4 Å². The van der Waals surface area contributed by atoms with Crippen LogP contribution < -0.4 is 5.32 Å². The van der Waals surface area contributed by atoms with Crippen molar-refractivity contribution in [3.8, 4) is 0 Å². The normalized spacial score (nSPS) is 29.2. The number of carboxylic acids is 1. The van der Waals surface area contributed by atoms with Crippen LogP contribution in [0, 0.1) is 11.8 Å². The number of carbonyl (C=O) groups is 2. The lowest BCUT2D eigenvalue weighted by molar-refractivity contribution is -0.143. The molecule has 0 aromatic heterocycles. The monoisotopic (exact) mass is 299 g/mol. The lowest BCUT2D eigenvalue weighted by Gasteiger charge is -2.29. The number of rotatable bonds is 3. The van der Waals surface area contributed by atoms with Crippen molar-refractivity contribution in [3.63, 3.8) is 0 Å². The van der Waals surface area contributed by atoms with Gasteiger partial charge in [-0.1, -0.05) is 25.7 Å². The van der Waals surface area contributed by atoms with Gasteiger partial charge in [0.15, 0.2) is 0 Å². The molecule has 0 aromatic carbocycles. The summed E-state index contributed by atoms with van der Waals surface area (Å²) >= 11 is 1.90. The number of carbonyl (C=O) groups excluding carboxylic acids is 1. The molecule has 2 rings (SSSR count). The van der Waals surface area contributed by atoms with Crippen LogP contribution in [0.3, 0.4) is 0 Å². The van der Waals surface area contributed by atoms with Crippen molar-refractivity contribution < 1.29 is 14.7 Å². The third-order valence-corrected chi connectivity index (χ3v) is 5.55. The molecule has 0 radical (unpaired) electrons. The Balaban J connectivity index is 1.94. The van der Waals surface area contributed by atoms with Crippen LogP contribution in [0.15, 0.2) is 0 Å². The molecule has 1 saturated carbocycles. The quantitative estimate of drug-likeness (QED) is 0.841. The highest BCUT2D eigenvalue weighted by Crippen LogP contribution is 2.26. The molecular weight excluding hydrogens is 274 g/mol. The molecule has 0 aromatic rings. The van der Waals surface area contributed by atoms with E-state index in [2.05, 4.69) is 5.32 Å². The zero-order chi connectivity index (χ0) is 14.4. The first-order valence-electron chi connectivity index (χ1n) is 7.79. The smallest absolute Gasteiger partial charge is 0.308 e. The van der Waals surface area contributed by atoms with Crippen LogP contribution in [0.1, 0.15) is 51.4 Å². The number of thioether (sulfide) groups is 1. The van der Waals surface area contributed by atoms with Crippen LogP contribution in [0.4, 0.5) is 0 Å². The predicted molar refractivity (Wildman–Crippen MR) is 80.8 cm³/mol. The summed E-state index contributed by atoms with van der Waals surface area (Å²) in [6, 6.07) is -0.171. The van der Waals surface area contributed by atoms with E-state index in [1.54, 1.807) is 0 Å². The van der Waals surface area contributed by atoms with Gasteiger partial charge in [-0.05, 0) is 37.2 Å². The van der Waals surface area contributed by atoms with Gasteiger partial charge in [0, 0.05) is 12.0 Å². The second-order valence-corrected chi connectivity index (χ2v) is 7.16. The number of hydrogen-bond acceptors (Lipinski definition) is 3. The van der Waals surface area contributed by atoms with E-state index in [1.165, 1.54) is 0 Å². The molecule has 2 atom stereocenters. The summed E-state index contributed by atoms with van der Waals surface area (Å²) in [5.74, 6) is 1.11. The van der Waals surface area contributed by atoms with Crippen LogP contribution in [0.5, 0.6) is 0 Å². The van der Waals surface area contributed by atoms with Crippen LogP contribution in [0.2, 0.25) is 0 Å². The van der Waals surface area contributed by atoms with E-state index < -0.39 is 11.9 Å². The number of nitrogens with one attached hydrogen (secondary N) is 1. The van der Waals surface area contributed by atoms with E-state index in [-0.39, 0.29) is 17.9 Å². The number of amides is 1. The summed E-state index contributed by atoms with van der Waals surface area (Å²) < 4.78 is 0. The highest BCUT2D eigenvalue weighted by molar-refractivity contribution is 7.99. The Labute approximate surface area is 125 Å². The van der Waals surface area contributed by atoms with Crippen LogP contribution >= 0.6 is 11.8 Å². The van der Waals surface area contributed by atoms with Gasteiger partial charge in [0.2, 0.25) is 5.91 Å². The fraction of sp³-hybridized carbons (Fsp3) is 0.867. The fourth-order valence-corrected chi connectivity index (χ4v) is 4.32. The van der Waals surface area contributed by atoms with Crippen molar-refractivity contribution in [1.29, 1.82) is 0 Å². The standard InChI is InChI=1S/C15H25NO3S/c17-14(11-7-9-20-10-8-11)16-13-6-4-2-1-3-5-12(13)15(18)19/h11-13H,1-10H2,(H,16,17)(H,18,19). The van der Waals surface area contributed by atoms with E-state index in [4.69, 9.17) is 0 Å². The van der Waals surface area contributed by atoms with Gasteiger partial charge in [-0.15, -0.1) is 0 Å². The maximum Gasteiger partial charge on any atom is 0.308 e. The third kappa shape index (κ3) is 4.40.